The second-order valence-electron chi connectivity index (χ2n) is 4.19. The van der Waals surface area contributed by atoms with Gasteiger partial charge in [-0.25, -0.2) is 0 Å². The summed E-state index contributed by atoms with van der Waals surface area (Å²) in [5.74, 6) is 2.92. The van der Waals surface area contributed by atoms with E-state index >= 15 is 0 Å². The molecule has 0 heterocycles. The summed E-state index contributed by atoms with van der Waals surface area (Å²) in [5, 5.41) is 0. The first-order valence-corrected chi connectivity index (χ1v) is 4.99. The van der Waals surface area contributed by atoms with E-state index in [-0.39, 0.29) is 0 Å². The van der Waals surface area contributed by atoms with E-state index in [1.165, 1.54) is 25.7 Å². The van der Waals surface area contributed by atoms with E-state index < -0.39 is 0 Å². The minimum absolute atomic E-state index is 0.910. The Morgan fingerprint density at radius 3 is 2.18 bits per heavy atom. The molecule has 0 N–H and O–H groups in total. The van der Waals surface area contributed by atoms with E-state index in [1.54, 1.807) is 5.57 Å². The number of rotatable bonds is 0. The van der Waals surface area contributed by atoms with Crippen LogP contribution in [-0.2, 0) is 0 Å². The van der Waals surface area contributed by atoms with Gasteiger partial charge >= 0.3 is 0 Å². The van der Waals surface area contributed by atoms with E-state index in [0.717, 1.165) is 17.8 Å². The highest BCUT2D eigenvalue weighted by Gasteiger charge is 2.36. The summed E-state index contributed by atoms with van der Waals surface area (Å²) in [6, 6.07) is 0. The molecule has 0 aromatic rings. The summed E-state index contributed by atoms with van der Waals surface area (Å²) >= 11 is 0. The van der Waals surface area contributed by atoms with Crippen molar-refractivity contribution in [2.24, 2.45) is 17.8 Å². The Balaban J connectivity index is 2.23. The highest BCUT2D eigenvalue weighted by atomic mass is 14.4. The molecule has 3 aliphatic carbocycles. The van der Waals surface area contributed by atoms with E-state index in [9.17, 15) is 0 Å². The van der Waals surface area contributed by atoms with Crippen molar-refractivity contribution in [3.8, 4) is 0 Å². The number of allylic oxidation sites excluding steroid dienone is 2. The van der Waals surface area contributed by atoms with E-state index in [4.69, 9.17) is 0 Å². The zero-order valence-corrected chi connectivity index (χ0v) is 7.64. The molecule has 3 saturated carbocycles. The Morgan fingerprint density at radius 2 is 1.82 bits per heavy atom. The fourth-order valence-electron chi connectivity index (χ4n) is 3.10. The highest BCUT2D eigenvalue weighted by Crippen LogP contribution is 2.47. The average Bonchev–Trinajstić information content (AvgIpc) is 2.06. The van der Waals surface area contributed by atoms with Crippen molar-refractivity contribution in [1.82, 2.24) is 0 Å². The lowest BCUT2D eigenvalue weighted by Gasteiger charge is -2.43. The highest BCUT2D eigenvalue weighted by molar-refractivity contribution is 5.16. The van der Waals surface area contributed by atoms with Gasteiger partial charge in [-0.15, -0.1) is 0 Å². The maximum atomic E-state index is 2.42. The molecule has 0 aromatic heterocycles. The van der Waals surface area contributed by atoms with Crippen LogP contribution in [0.25, 0.3) is 0 Å². The van der Waals surface area contributed by atoms with Gasteiger partial charge in [0.05, 0.1) is 0 Å². The summed E-state index contributed by atoms with van der Waals surface area (Å²) in [4.78, 5) is 0. The van der Waals surface area contributed by atoms with E-state index in [0.29, 0.717) is 0 Å². The molecule has 0 spiro atoms. The SMILES string of the molecule is CC=C1C2CCC(CC2)C1C. The molecule has 1 unspecified atom stereocenters. The standard InChI is InChI=1S/C11H18/c1-3-11-8(2)9-4-6-10(11)7-5-9/h3,8-10H,4-7H2,1-2H3. The molecule has 11 heavy (non-hydrogen) atoms. The van der Waals surface area contributed by atoms with Gasteiger partial charge in [-0.1, -0.05) is 18.6 Å². The Hall–Kier alpha value is -0.260. The van der Waals surface area contributed by atoms with Gasteiger partial charge in [0.15, 0.2) is 0 Å². The van der Waals surface area contributed by atoms with Crippen LogP contribution in [0.3, 0.4) is 0 Å². The average molecular weight is 150 g/mol. The lowest BCUT2D eigenvalue weighted by Crippen LogP contribution is -2.31. The summed E-state index contributed by atoms with van der Waals surface area (Å²) < 4.78 is 0. The summed E-state index contributed by atoms with van der Waals surface area (Å²) in [7, 11) is 0. The van der Waals surface area contributed by atoms with Crippen LogP contribution in [0.2, 0.25) is 0 Å². The normalized spacial score (nSPS) is 46.7. The van der Waals surface area contributed by atoms with Crippen LogP contribution < -0.4 is 0 Å². The second-order valence-corrected chi connectivity index (χ2v) is 4.19. The second kappa shape index (κ2) is 2.66. The quantitative estimate of drug-likeness (QED) is 0.464. The van der Waals surface area contributed by atoms with Crippen LogP contribution in [0.5, 0.6) is 0 Å². The van der Waals surface area contributed by atoms with Crippen LogP contribution in [0.4, 0.5) is 0 Å². The van der Waals surface area contributed by atoms with Crippen LogP contribution in [0, 0.1) is 17.8 Å². The maximum Gasteiger partial charge on any atom is -0.0200 e. The Kier molecular flexibility index (Phi) is 1.78. The number of fused-ring (bicyclic) bond motifs is 3. The molecule has 62 valence electrons. The van der Waals surface area contributed by atoms with Gasteiger partial charge < -0.3 is 0 Å². The molecule has 0 aliphatic heterocycles. The van der Waals surface area contributed by atoms with Crippen molar-refractivity contribution < 1.29 is 0 Å². The maximum absolute atomic E-state index is 2.42. The first-order chi connectivity index (χ1) is 5.33. The first kappa shape index (κ1) is 7.39. The molecule has 0 saturated heterocycles. The third-order valence-corrected chi connectivity index (χ3v) is 3.81. The predicted octanol–water partition coefficient (Wildman–Crippen LogP) is 3.39. The van der Waals surface area contributed by atoms with Crippen LogP contribution >= 0.6 is 0 Å². The molecule has 2 bridgehead atoms. The molecule has 0 nitrogen and oxygen atoms in total. The van der Waals surface area contributed by atoms with Crippen LogP contribution in [0.15, 0.2) is 11.6 Å². The molecule has 0 heteroatoms. The Morgan fingerprint density at radius 1 is 1.18 bits per heavy atom. The third kappa shape index (κ3) is 1.04. The fraction of sp³-hybridized carbons (Fsp3) is 0.818. The van der Waals surface area contributed by atoms with Crippen molar-refractivity contribution in [2.45, 2.75) is 39.5 Å². The third-order valence-electron chi connectivity index (χ3n) is 3.81. The molecule has 0 radical (unpaired) electrons. The van der Waals surface area contributed by atoms with Crippen molar-refractivity contribution in [3.63, 3.8) is 0 Å². The zero-order chi connectivity index (χ0) is 7.84. The van der Waals surface area contributed by atoms with Gasteiger partial charge in [-0.3, -0.25) is 0 Å². The number of hydrogen-bond donors (Lipinski definition) is 0. The van der Waals surface area contributed by atoms with Gasteiger partial charge in [0.25, 0.3) is 0 Å². The van der Waals surface area contributed by atoms with Crippen molar-refractivity contribution >= 4 is 0 Å². The Labute approximate surface area is 69.7 Å². The monoisotopic (exact) mass is 150 g/mol. The fourth-order valence-corrected chi connectivity index (χ4v) is 3.10. The van der Waals surface area contributed by atoms with Crippen molar-refractivity contribution in [1.29, 1.82) is 0 Å². The number of hydrogen-bond acceptors (Lipinski definition) is 0. The molecular formula is C11H18. The molecule has 0 amide bonds. The van der Waals surface area contributed by atoms with Gasteiger partial charge in [0.1, 0.15) is 0 Å². The largest absolute Gasteiger partial charge is 0.0879 e. The molecule has 3 fully saturated rings. The topological polar surface area (TPSA) is 0 Å². The lowest BCUT2D eigenvalue weighted by molar-refractivity contribution is 0.179. The zero-order valence-electron chi connectivity index (χ0n) is 7.64. The van der Waals surface area contributed by atoms with Gasteiger partial charge in [-0.05, 0) is 50.4 Å². The molecule has 3 rings (SSSR count). The van der Waals surface area contributed by atoms with Gasteiger partial charge in [0.2, 0.25) is 0 Å². The molecule has 3 aliphatic rings. The van der Waals surface area contributed by atoms with E-state index in [2.05, 4.69) is 19.9 Å². The molecular weight excluding hydrogens is 132 g/mol. The summed E-state index contributed by atoms with van der Waals surface area (Å²) in [5.41, 5.74) is 1.77. The van der Waals surface area contributed by atoms with Crippen molar-refractivity contribution in [3.05, 3.63) is 11.6 Å². The molecule has 0 aromatic carbocycles. The summed E-state index contributed by atoms with van der Waals surface area (Å²) in [6.07, 6.45) is 8.34. The van der Waals surface area contributed by atoms with Crippen LogP contribution in [-0.4, -0.2) is 0 Å². The summed E-state index contributed by atoms with van der Waals surface area (Å²) in [6.45, 7) is 4.64. The van der Waals surface area contributed by atoms with E-state index in [1.807, 2.05) is 0 Å². The Bertz CT molecular complexity index is 166. The van der Waals surface area contributed by atoms with Gasteiger partial charge in [-0.2, -0.15) is 0 Å². The van der Waals surface area contributed by atoms with Gasteiger partial charge in [0, 0.05) is 0 Å². The first-order valence-electron chi connectivity index (χ1n) is 4.99. The smallest absolute Gasteiger partial charge is 0.0200 e. The minimum Gasteiger partial charge on any atom is -0.0879 e. The minimum atomic E-state index is 0.910. The molecule has 1 atom stereocenters. The predicted molar refractivity (Wildman–Crippen MR) is 48.4 cm³/mol. The van der Waals surface area contributed by atoms with Crippen molar-refractivity contribution in [2.75, 3.05) is 0 Å². The van der Waals surface area contributed by atoms with Crippen LogP contribution in [0.1, 0.15) is 39.5 Å². The lowest BCUT2D eigenvalue weighted by atomic mass is 9.62.